The van der Waals surface area contributed by atoms with E-state index in [0.29, 0.717) is 23.6 Å². The van der Waals surface area contributed by atoms with E-state index >= 15 is 0 Å². The van der Waals surface area contributed by atoms with Crippen LogP contribution in [-0.4, -0.2) is 50.4 Å². The molecule has 2 amide bonds. The van der Waals surface area contributed by atoms with E-state index in [1.807, 2.05) is 43.1 Å². The first-order valence-electron chi connectivity index (χ1n) is 8.88. The number of para-hydroxylation sites is 1. The molecule has 0 aliphatic carbocycles. The molecule has 1 aliphatic heterocycles. The number of likely N-dealkylation sites (tertiary alicyclic amines) is 1. The number of halogens is 1. The van der Waals surface area contributed by atoms with E-state index in [2.05, 4.69) is 5.32 Å². The van der Waals surface area contributed by atoms with Crippen LogP contribution in [0.15, 0.2) is 24.3 Å². The van der Waals surface area contributed by atoms with Gasteiger partial charge in [-0.05, 0) is 50.9 Å². The van der Waals surface area contributed by atoms with Crippen molar-refractivity contribution in [2.75, 3.05) is 38.6 Å². The van der Waals surface area contributed by atoms with E-state index in [1.54, 1.807) is 11.9 Å². The van der Waals surface area contributed by atoms with Crippen molar-refractivity contribution in [1.29, 1.82) is 0 Å². The van der Waals surface area contributed by atoms with E-state index in [-0.39, 0.29) is 24.2 Å². The second kappa shape index (κ2) is 10.4. The second-order valence-electron chi connectivity index (χ2n) is 6.45. The van der Waals surface area contributed by atoms with Crippen LogP contribution in [0.4, 0.5) is 5.69 Å². The van der Waals surface area contributed by atoms with Crippen LogP contribution in [0.25, 0.3) is 0 Å². The van der Waals surface area contributed by atoms with E-state index in [9.17, 15) is 9.59 Å². The fraction of sp³-hybridized carbons (Fsp3) is 0.579. The zero-order valence-corrected chi connectivity index (χ0v) is 16.3. The summed E-state index contributed by atoms with van der Waals surface area (Å²) in [7, 11) is 3.71. The van der Waals surface area contributed by atoms with Crippen LogP contribution in [-0.2, 0) is 4.79 Å². The number of hydrogen-bond acceptors (Lipinski definition) is 3. The molecule has 1 heterocycles. The Morgan fingerprint density at radius 1 is 1.24 bits per heavy atom. The van der Waals surface area contributed by atoms with Gasteiger partial charge in [0.25, 0.3) is 5.91 Å². The first-order valence-corrected chi connectivity index (χ1v) is 8.88. The maximum absolute atomic E-state index is 12.9. The SMILES string of the molecule is CCC(=O)N(C)c1ccccc1C(=O)N1CCC(CCNC)CC1.Cl. The van der Waals surface area contributed by atoms with Crippen LogP contribution >= 0.6 is 12.4 Å². The molecule has 0 aromatic heterocycles. The Hall–Kier alpha value is -1.59. The third-order valence-corrected chi connectivity index (χ3v) is 4.88. The van der Waals surface area contributed by atoms with Crippen molar-refractivity contribution in [3.8, 4) is 0 Å². The number of anilines is 1. The van der Waals surface area contributed by atoms with Gasteiger partial charge in [0.1, 0.15) is 0 Å². The maximum atomic E-state index is 12.9. The predicted molar refractivity (Wildman–Crippen MR) is 105 cm³/mol. The van der Waals surface area contributed by atoms with Crippen LogP contribution in [0, 0.1) is 5.92 Å². The zero-order chi connectivity index (χ0) is 17.5. The Balaban J connectivity index is 0.00000312. The lowest BCUT2D eigenvalue weighted by molar-refractivity contribution is -0.118. The minimum atomic E-state index is 0. The Morgan fingerprint density at radius 2 is 1.88 bits per heavy atom. The highest BCUT2D eigenvalue weighted by Crippen LogP contribution is 2.25. The van der Waals surface area contributed by atoms with E-state index < -0.39 is 0 Å². The molecule has 0 atom stereocenters. The number of nitrogens with one attached hydrogen (secondary N) is 1. The summed E-state index contributed by atoms with van der Waals surface area (Å²) in [6.45, 7) is 4.46. The molecule has 0 spiro atoms. The van der Waals surface area contributed by atoms with E-state index in [4.69, 9.17) is 0 Å². The zero-order valence-electron chi connectivity index (χ0n) is 15.5. The first-order chi connectivity index (χ1) is 11.6. The number of piperidine rings is 1. The van der Waals surface area contributed by atoms with Gasteiger partial charge in [0, 0.05) is 26.6 Å². The van der Waals surface area contributed by atoms with Crippen LogP contribution in [0.1, 0.15) is 43.0 Å². The molecule has 6 heteroatoms. The number of rotatable bonds is 6. The molecular formula is C19H30ClN3O2. The third-order valence-electron chi connectivity index (χ3n) is 4.88. The Labute approximate surface area is 157 Å². The van der Waals surface area contributed by atoms with Gasteiger partial charge in [-0.15, -0.1) is 12.4 Å². The highest BCUT2D eigenvalue weighted by Gasteiger charge is 2.26. The minimum Gasteiger partial charge on any atom is -0.339 e. The summed E-state index contributed by atoms with van der Waals surface area (Å²) in [5, 5.41) is 3.19. The van der Waals surface area contributed by atoms with Crippen LogP contribution in [0.5, 0.6) is 0 Å². The summed E-state index contributed by atoms with van der Waals surface area (Å²) in [6, 6.07) is 7.40. The lowest BCUT2D eigenvalue weighted by atomic mass is 9.93. The number of amides is 2. The first kappa shape index (κ1) is 21.5. The summed E-state index contributed by atoms with van der Waals surface area (Å²) >= 11 is 0. The molecule has 1 aliphatic rings. The fourth-order valence-corrected chi connectivity index (χ4v) is 3.26. The second-order valence-corrected chi connectivity index (χ2v) is 6.45. The number of carbonyl (C=O) groups is 2. The van der Waals surface area contributed by atoms with Crippen LogP contribution in [0.2, 0.25) is 0 Å². The summed E-state index contributed by atoms with van der Waals surface area (Å²) in [5.41, 5.74) is 1.32. The van der Waals surface area contributed by atoms with Crippen molar-refractivity contribution in [1.82, 2.24) is 10.2 Å². The van der Waals surface area contributed by atoms with Gasteiger partial charge < -0.3 is 15.1 Å². The lowest BCUT2D eigenvalue weighted by Crippen LogP contribution is -2.39. The fourth-order valence-electron chi connectivity index (χ4n) is 3.26. The molecule has 0 radical (unpaired) electrons. The number of carbonyl (C=O) groups excluding carboxylic acids is 2. The number of hydrogen-bond donors (Lipinski definition) is 1. The van der Waals surface area contributed by atoms with Crippen molar-refractivity contribution in [3.05, 3.63) is 29.8 Å². The standard InChI is InChI=1S/C19H29N3O2.ClH/c1-4-18(23)21(3)17-8-6-5-7-16(17)19(24)22-13-10-15(11-14-22)9-12-20-2;/h5-8,15,20H,4,9-14H2,1-3H3;1H. The van der Waals surface area contributed by atoms with Crippen molar-refractivity contribution in [2.45, 2.75) is 32.6 Å². The van der Waals surface area contributed by atoms with E-state index in [1.165, 1.54) is 6.42 Å². The molecule has 2 rings (SSSR count). The molecule has 1 saturated heterocycles. The molecule has 1 aromatic carbocycles. The number of nitrogens with zero attached hydrogens (tertiary/aromatic N) is 2. The third kappa shape index (κ3) is 5.44. The number of benzene rings is 1. The molecule has 1 N–H and O–H groups in total. The predicted octanol–water partition coefficient (Wildman–Crippen LogP) is 2.94. The minimum absolute atomic E-state index is 0. The van der Waals surface area contributed by atoms with Gasteiger partial charge in [-0.3, -0.25) is 9.59 Å². The average molecular weight is 368 g/mol. The molecule has 5 nitrogen and oxygen atoms in total. The van der Waals surface area contributed by atoms with Crippen molar-refractivity contribution >= 4 is 29.9 Å². The van der Waals surface area contributed by atoms with Crippen molar-refractivity contribution < 1.29 is 9.59 Å². The molecule has 25 heavy (non-hydrogen) atoms. The molecule has 1 fully saturated rings. The highest BCUT2D eigenvalue weighted by atomic mass is 35.5. The molecule has 0 saturated carbocycles. The summed E-state index contributed by atoms with van der Waals surface area (Å²) < 4.78 is 0. The van der Waals surface area contributed by atoms with E-state index in [0.717, 1.165) is 32.5 Å². The molecular weight excluding hydrogens is 338 g/mol. The summed E-state index contributed by atoms with van der Waals surface area (Å²) in [5.74, 6) is 0.746. The molecule has 0 bridgehead atoms. The Kier molecular flexibility index (Phi) is 8.93. The van der Waals surface area contributed by atoms with Gasteiger partial charge in [-0.2, -0.15) is 0 Å². The summed E-state index contributed by atoms with van der Waals surface area (Å²) in [6.07, 6.45) is 3.71. The molecule has 140 valence electrons. The van der Waals surface area contributed by atoms with Gasteiger partial charge in [-0.1, -0.05) is 19.1 Å². The van der Waals surface area contributed by atoms with Crippen LogP contribution < -0.4 is 10.2 Å². The van der Waals surface area contributed by atoms with Gasteiger partial charge in [0.05, 0.1) is 11.3 Å². The monoisotopic (exact) mass is 367 g/mol. The van der Waals surface area contributed by atoms with Crippen molar-refractivity contribution in [3.63, 3.8) is 0 Å². The topological polar surface area (TPSA) is 52.7 Å². The average Bonchev–Trinajstić information content (AvgIpc) is 2.65. The van der Waals surface area contributed by atoms with Gasteiger partial charge in [0.15, 0.2) is 0 Å². The maximum Gasteiger partial charge on any atom is 0.255 e. The smallest absolute Gasteiger partial charge is 0.255 e. The Morgan fingerprint density at radius 3 is 2.48 bits per heavy atom. The van der Waals surface area contributed by atoms with Crippen molar-refractivity contribution in [2.24, 2.45) is 5.92 Å². The highest BCUT2D eigenvalue weighted by molar-refractivity contribution is 6.04. The quantitative estimate of drug-likeness (QED) is 0.841. The lowest BCUT2D eigenvalue weighted by Gasteiger charge is -2.33. The Bertz CT molecular complexity index is 572. The van der Waals surface area contributed by atoms with Gasteiger partial charge in [-0.25, -0.2) is 0 Å². The van der Waals surface area contributed by atoms with Gasteiger partial charge >= 0.3 is 0 Å². The van der Waals surface area contributed by atoms with Crippen LogP contribution in [0.3, 0.4) is 0 Å². The molecule has 1 aromatic rings. The van der Waals surface area contributed by atoms with Gasteiger partial charge in [0.2, 0.25) is 5.91 Å². The molecule has 0 unspecified atom stereocenters. The largest absolute Gasteiger partial charge is 0.339 e. The normalized spacial score (nSPS) is 14.8. The summed E-state index contributed by atoms with van der Waals surface area (Å²) in [4.78, 5) is 28.5.